The summed E-state index contributed by atoms with van der Waals surface area (Å²) in [7, 11) is 2.00. The summed E-state index contributed by atoms with van der Waals surface area (Å²) >= 11 is 1.56. The van der Waals surface area contributed by atoms with Gasteiger partial charge in [-0.25, -0.2) is 0 Å². The number of para-hydroxylation sites is 2. The molecule has 1 aliphatic heterocycles. The summed E-state index contributed by atoms with van der Waals surface area (Å²) < 4.78 is 4.10. The molecule has 0 spiro atoms. The number of nitrogens with zero attached hydrogens (tertiary/aromatic N) is 5. The van der Waals surface area contributed by atoms with E-state index in [1.165, 1.54) is 12.8 Å². The number of fused-ring (bicyclic) bond motifs is 3. The van der Waals surface area contributed by atoms with E-state index in [-0.39, 0.29) is 11.2 Å². The Balaban J connectivity index is 1.54. The zero-order valence-electron chi connectivity index (χ0n) is 12.8. The van der Waals surface area contributed by atoms with Gasteiger partial charge in [-0.05, 0) is 31.4 Å². The van der Waals surface area contributed by atoms with E-state index in [0.717, 1.165) is 34.9 Å². The number of carbonyl (C=O) groups excluding carboxylic acids is 1. The molecule has 6 nitrogen and oxygen atoms in total. The predicted molar refractivity (Wildman–Crippen MR) is 88.5 cm³/mol. The number of hydrogen-bond donors (Lipinski definition) is 0. The molecule has 1 amide bonds. The molecular weight excluding hydrogens is 310 g/mol. The Hall–Kier alpha value is -2.02. The zero-order valence-corrected chi connectivity index (χ0v) is 13.7. The van der Waals surface area contributed by atoms with Crippen molar-refractivity contribution in [1.29, 1.82) is 0 Å². The highest BCUT2D eigenvalue weighted by molar-refractivity contribution is 8.00. The summed E-state index contributed by atoms with van der Waals surface area (Å²) in [5, 5.41) is 9.44. The lowest BCUT2D eigenvalue weighted by atomic mass is 10.3. The van der Waals surface area contributed by atoms with Gasteiger partial charge in [0.2, 0.25) is 11.7 Å². The SMILES string of the molecule is Cn1c2ccccc2n2c(SC3CCN(C4CC4)C3=O)nnc12. The van der Waals surface area contributed by atoms with E-state index >= 15 is 0 Å². The molecule has 3 aromatic rings. The highest BCUT2D eigenvalue weighted by atomic mass is 32.2. The minimum absolute atomic E-state index is 0.0260. The van der Waals surface area contributed by atoms with Gasteiger partial charge in [0.25, 0.3) is 0 Å². The van der Waals surface area contributed by atoms with Crippen LogP contribution in [0.15, 0.2) is 29.4 Å². The van der Waals surface area contributed by atoms with Gasteiger partial charge in [0.1, 0.15) is 0 Å². The summed E-state index contributed by atoms with van der Waals surface area (Å²) in [6.07, 6.45) is 3.24. The zero-order chi connectivity index (χ0) is 15.6. The monoisotopic (exact) mass is 327 g/mol. The summed E-state index contributed by atoms with van der Waals surface area (Å²) in [5.74, 6) is 1.09. The Bertz CT molecular complexity index is 925. The lowest BCUT2D eigenvalue weighted by Crippen LogP contribution is -2.30. The number of imidazole rings is 1. The van der Waals surface area contributed by atoms with Crippen LogP contribution >= 0.6 is 11.8 Å². The van der Waals surface area contributed by atoms with Crippen molar-refractivity contribution < 1.29 is 4.79 Å². The second-order valence-electron chi connectivity index (χ2n) is 6.32. The first kappa shape index (κ1) is 13.4. The average molecular weight is 327 g/mol. The first-order valence-electron chi connectivity index (χ1n) is 8.00. The van der Waals surface area contributed by atoms with E-state index in [2.05, 4.69) is 31.6 Å². The average Bonchev–Trinajstić information content (AvgIpc) is 3.13. The minimum Gasteiger partial charge on any atom is -0.339 e. The van der Waals surface area contributed by atoms with Crippen LogP contribution in [0.25, 0.3) is 16.8 Å². The lowest BCUT2D eigenvalue weighted by molar-refractivity contribution is -0.127. The van der Waals surface area contributed by atoms with Gasteiger partial charge < -0.3 is 9.47 Å². The van der Waals surface area contributed by atoms with Crippen molar-refractivity contribution in [2.75, 3.05) is 6.54 Å². The fraction of sp³-hybridized carbons (Fsp3) is 0.438. The second kappa shape index (κ2) is 4.74. The number of amides is 1. The van der Waals surface area contributed by atoms with E-state index in [1.807, 2.05) is 23.7 Å². The molecule has 0 bridgehead atoms. The Morgan fingerprint density at radius 3 is 2.70 bits per heavy atom. The number of thioether (sulfide) groups is 1. The van der Waals surface area contributed by atoms with Gasteiger partial charge in [-0.3, -0.25) is 9.20 Å². The molecule has 3 heterocycles. The molecule has 23 heavy (non-hydrogen) atoms. The smallest absolute Gasteiger partial charge is 0.236 e. The summed E-state index contributed by atoms with van der Waals surface area (Å²) in [5.41, 5.74) is 2.21. The molecule has 1 saturated heterocycles. The van der Waals surface area contributed by atoms with E-state index in [0.29, 0.717) is 6.04 Å². The van der Waals surface area contributed by atoms with Crippen molar-refractivity contribution in [2.24, 2.45) is 7.05 Å². The maximum atomic E-state index is 12.6. The van der Waals surface area contributed by atoms with Crippen molar-refractivity contribution in [1.82, 2.24) is 24.1 Å². The third-order valence-electron chi connectivity index (χ3n) is 4.83. The summed E-state index contributed by atoms with van der Waals surface area (Å²) in [6.45, 7) is 0.888. The molecular formula is C16H17N5OS. The van der Waals surface area contributed by atoms with E-state index in [1.54, 1.807) is 11.8 Å². The summed E-state index contributed by atoms with van der Waals surface area (Å²) in [4.78, 5) is 14.6. The highest BCUT2D eigenvalue weighted by Gasteiger charge is 2.41. The predicted octanol–water partition coefficient (Wildman–Crippen LogP) is 2.08. The van der Waals surface area contributed by atoms with Crippen LogP contribution in [0.1, 0.15) is 19.3 Å². The van der Waals surface area contributed by atoms with Crippen LogP contribution in [0.2, 0.25) is 0 Å². The standard InChI is InChI=1S/C16H17N5OS/c1-19-11-4-2-3-5-12(11)21-15(19)17-18-16(21)23-13-8-9-20(14(13)22)10-6-7-10/h2-5,10,13H,6-9H2,1H3. The fourth-order valence-corrected chi connectivity index (χ4v) is 4.56. The van der Waals surface area contributed by atoms with Crippen molar-refractivity contribution in [2.45, 2.75) is 35.7 Å². The third-order valence-corrected chi connectivity index (χ3v) is 6.02. The van der Waals surface area contributed by atoms with Crippen LogP contribution in [0, 0.1) is 0 Å². The van der Waals surface area contributed by atoms with Gasteiger partial charge >= 0.3 is 0 Å². The van der Waals surface area contributed by atoms with Crippen LogP contribution in [-0.2, 0) is 11.8 Å². The summed E-state index contributed by atoms with van der Waals surface area (Å²) in [6, 6.07) is 8.70. The molecule has 7 heteroatoms. The van der Waals surface area contributed by atoms with Crippen molar-refractivity contribution in [3.05, 3.63) is 24.3 Å². The van der Waals surface area contributed by atoms with Crippen molar-refractivity contribution in [3.8, 4) is 0 Å². The number of benzene rings is 1. The van der Waals surface area contributed by atoms with E-state index < -0.39 is 0 Å². The lowest BCUT2D eigenvalue weighted by Gasteiger charge is -2.14. The second-order valence-corrected chi connectivity index (χ2v) is 7.49. The molecule has 2 aliphatic rings. The Labute approximate surface area is 137 Å². The number of rotatable bonds is 3. The molecule has 2 fully saturated rings. The number of aryl methyl sites for hydroxylation is 1. The maximum absolute atomic E-state index is 12.6. The van der Waals surface area contributed by atoms with Crippen LogP contribution in [-0.4, -0.2) is 47.8 Å². The molecule has 1 saturated carbocycles. The molecule has 2 aromatic heterocycles. The Morgan fingerprint density at radius 1 is 1.13 bits per heavy atom. The van der Waals surface area contributed by atoms with Gasteiger partial charge in [0.15, 0.2) is 5.16 Å². The van der Waals surface area contributed by atoms with Gasteiger partial charge in [0, 0.05) is 19.6 Å². The normalized spacial score (nSPS) is 21.9. The molecule has 118 valence electrons. The fourth-order valence-electron chi connectivity index (χ4n) is 3.47. The van der Waals surface area contributed by atoms with Crippen molar-refractivity contribution >= 4 is 34.5 Å². The number of aromatic nitrogens is 4. The number of carbonyl (C=O) groups is 1. The molecule has 1 unspecified atom stereocenters. The van der Waals surface area contributed by atoms with Crippen LogP contribution < -0.4 is 0 Å². The van der Waals surface area contributed by atoms with Crippen molar-refractivity contribution in [3.63, 3.8) is 0 Å². The van der Waals surface area contributed by atoms with Crippen LogP contribution in [0.3, 0.4) is 0 Å². The molecule has 5 rings (SSSR count). The van der Waals surface area contributed by atoms with Crippen LogP contribution in [0.4, 0.5) is 0 Å². The highest BCUT2D eigenvalue weighted by Crippen LogP contribution is 2.37. The minimum atomic E-state index is -0.0260. The third kappa shape index (κ3) is 1.92. The molecule has 1 atom stereocenters. The number of hydrogen-bond acceptors (Lipinski definition) is 4. The number of likely N-dealkylation sites (tertiary alicyclic amines) is 1. The first-order valence-corrected chi connectivity index (χ1v) is 8.87. The van der Waals surface area contributed by atoms with Gasteiger partial charge in [-0.15, -0.1) is 10.2 Å². The Morgan fingerprint density at radius 2 is 1.91 bits per heavy atom. The maximum Gasteiger partial charge on any atom is 0.236 e. The first-order chi connectivity index (χ1) is 11.2. The topological polar surface area (TPSA) is 55.4 Å². The Kier molecular flexibility index (Phi) is 2.76. The largest absolute Gasteiger partial charge is 0.339 e. The van der Waals surface area contributed by atoms with Gasteiger partial charge in [-0.1, -0.05) is 23.9 Å². The molecule has 1 aliphatic carbocycles. The van der Waals surface area contributed by atoms with E-state index in [4.69, 9.17) is 0 Å². The van der Waals surface area contributed by atoms with Gasteiger partial charge in [0.05, 0.1) is 16.3 Å². The molecule has 1 aromatic carbocycles. The van der Waals surface area contributed by atoms with E-state index in [9.17, 15) is 4.79 Å². The molecule has 0 N–H and O–H groups in total. The van der Waals surface area contributed by atoms with Gasteiger partial charge in [-0.2, -0.15) is 0 Å². The quantitative estimate of drug-likeness (QED) is 0.739. The van der Waals surface area contributed by atoms with Crippen LogP contribution in [0.5, 0.6) is 0 Å². The molecule has 0 radical (unpaired) electrons.